The highest BCUT2D eigenvalue weighted by atomic mass is 16.4. The van der Waals surface area contributed by atoms with E-state index >= 15 is 0 Å². The Bertz CT molecular complexity index is 287. The maximum Gasteiger partial charge on any atom is 0.327 e. The second-order valence-electron chi connectivity index (χ2n) is 6.65. The number of allylic oxidation sites excluding steroid dienone is 1. The van der Waals surface area contributed by atoms with E-state index in [0.717, 1.165) is 32.1 Å². The van der Waals surface area contributed by atoms with E-state index in [1.54, 1.807) is 6.08 Å². The first kappa shape index (κ1) is 22.2. The molecule has 0 spiro atoms. The smallest absolute Gasteiger partial charge is 0.327 e. The van der Waals surface area contributed by atoms with Crippen molar-refractivity contribution in [3.63, 3.8) is 0 Å². The number of carbonyl (C=O) groups is 1. The Morgan fingerprint density at radius 1 is 0.826 bits per heavy atom. The molecule has 0 amide bonds. The molecule has 0 heterocycles. The number of unbranched alkanes of at least 4 members (excludes halogenated alkanes) is 11. The molecule has 0 aliphatic carbocycles. The van der Waals surface area contributed by atoms with Gasteiger partial charge in [0.15, 0.2) is 0 Å². The zero-order valence-corrected chi connectivity index (χ0v) is 15.1. The molecule has 23 heavy (non-hydrogen) atoms. The lowest BCUT2D eigenvalue weighted by molar-refractivity contribution is -0.131. The summed E-state index contributed by atoms with van der Waals surface area (Å²) in [6.45, 7) is 2.22. The van der Waals surface area contributed by atoms with Gasteiger partial charge in [-0.25, -0.2) is 4.79 Å². The molecule has 1 atom stereocenters. The summed E-state index contributed by atoms with van der Waals surface area (Å²) in [5, 5.41) is 18.3. The normalized spacial score (nSPS) is 12.8. The van der Waals surface area contributed by atoms with E-state index in [-0.39, 0.29) is 6.10 Å². The molecular formula is C20H38O3. The molecule has 0 rings (SSSR count). The largest absolute Gasteiger partial charge is 0.478 e. The third-order valence-corrected chi connectivity index (χ3v) is 4.31. The first-order valence-corrected chi connectivity index (χ1v) is 9.74. The number of carboxylic acids is 1. The molecule has 2 N–H and O–H groups in total. The second kappa shape index (κ2) is 17.5. The van der Waals surface area contributed by atoms with E-state index in [1.807, 2.05) is 0 Å². The molecule has 0 radical (unpaired) electrons. The topological polar surface area (TPSA) is 57.5 Å². The number of aliphatic carboxylic acids is 1. The molecule has 0 bridgehead atoms. The van der Waals surface area contributed by atoms with Crippen LogP contribution in [0.4, 0.5) is 0 Å². The van der Waals surface area contributed by atoms with E-state index in [4.69, 9.17) is 5.11 Å². The Hall–Kier alpha value is -0.830. The molecule has 0 aliphatic heterocycles. The van der Waals surface area contributed by atoms with Crippen LogP contribution in [0.5, 0.6) is 0 Å². The van der Waals surface area contributed by atoms with Gasteiger partial charge in [0.05, 0.1) is 6.10 Å². The molecule has 0 aromatic heterocycles. The second-order valence-corrected chi connectivity index (χ2v) is 6.65. The minimum atomic E-state index is -0.851. The average Bonchev–Trinajstić information content (AvgIpc) is 2.52. The summed E-state index contributed by atoms with van der Waals surface area (Å²) in [6.07, 6.45) is 20.5. The van der Waals surface area contributed by atoms with Gasteiger partial charge in [0.2, 0.25) is 0 Å². The van der Waals surface area contributed by atoms with Gasteiger partial charge < -0.3 is 10.2 Å². The number of hydrogen-bond acceptors (Lipinski definition) is 2. The highest BCUT2D eigenvalue weighted by molar-refractivity contribution is 5.79. The van der Waals surface area contributed by atoms with Crippen molar-refractivity contribution in [2.75, 3.05) is 0 Å². The van der Waals surface area contributed by atoms with Gasteiger partial charge >= 0.3 is 5.97 Å². The van der Waals surface area contributed by atoms with Crippen LogP contribution in [0.1, 0.15) is 103 Å². The fourth-order valence-corrected chi connectivity index (χ4v) is 2.84. The van der Waals surface area contributed by atoms with Crippen molar-refractivity contribution in [3.8, 4) is 0 Å². The van der Waals surface area contributed by atoms with Gasteiger partial charge in [0, 0.05) is 6.08 Å². The van der Waals surface area contributed by atoms with Crippen molar-refractivity contribution < 1.29 is 15.0 Å². The highest BCUT2D eigenvalue weighted by Crippen LogP contribution is 2.14. The number of hydrogen-bond donors (Lipinski definition) is 2. The molecule has 0 aromatic carbocycles. The van der Waals surface area contributed by atoms with Crippen molar-refractivity contribution in [1.82, 2.24) is 0 Å². The minimum Gasteiger partial charge on any atom is -0.478 e. The fourth-order valence-electron chi connectivity index (χ4n) is 2.84. The third kappa shape index (κ3) is 19.1. The first-order chi connectivity index (χ1) is 11.2. The monoisotopic (exact) mass is 326 g/mol. The van der Waals surface area contributed by atoms with Gasteiger partial charge in [0.25, 0.3) is 0 Å². The van der Waals surface area contributed by atoms with E-state index in [2.05, 4.69) is 6.92 Å². The van der Waals surface area contributed by atoms with Gasteiger partial charge in [-0.05, 0) is 25.7 Å². The molecule has 0 fully saturated rings. The minimum absolute atomic E-state index is 0.0780. The third-order valence-electron chi connectivity index (χ3n) is 4.31. The van der Waals surface area contributed by atoms with Crippen molar-refractivity contribution in [1.29, 1.82) is 0 Å². The maximum atomic E-state index is 10.3. The summed E-state index contributed by atoms with van der Waals surface area (Å²) in [5.74, 6) is -0.851. The Kier molecular flexibility index (Phi) is 16.9. The zero-order chi connectivity index (χ0) is 17.2. The lowest BCUT2D eigenvalue weighted by Gasteiger charge is -2.10. The Balaban J connectivity index is 3.16. The van der Waals surface area contributed by atoms with Crippen LogP contribution in [0, 0.1) is 0 Å². The van der Waals surface area contributed by atoms with Crippen LogP contribution >= 0.6 is 0 Å². The Labute approximate surface area is 143 Å². The summed E-state index contributed by atoms with van der Waals surface area (Å²) in [7, 11) is 0. The summed E-state index contributed by atoms with van der Waals surface area (Å²) >= 11 is 0. The SMILES string of the molecule is CCCCCCC(O)CCCCCCCCCC/C=C\C(=O)O. The van der Waals surface area contributed by atoms with Crippen LogP contribution in [0.3, 0.4) is 0 Å². The van der Waals surface area contributed by atoms with Crippen molar-refractivity contribution in [3.05, 3.63) is 12.2 Å². The number of rotatable bonds is 17. The highest BCUT2D eigenvalue weighted by Gasteiger charge is 2.03. The first-order valence-electron chi connectivity index (χ1n) is 9.74. The quantitative estimate of drug-likeness (QED) is 0.260. The molecule has 0 saturated heterocycles. The van der Waals surface area contributed by atoms with Crippen LogP contribution in [-0.4, -0.2) is 22.3 Å². The van der Waals surface area contributed by atoms with Gasteiger partial charge in [-0.15, -0.1) is 0 Å². The summed E-state index contributed by atoms with van der Waals surface area (Å²) in [4.78, 5) is 10.3. The predicted octanol–water partition coefficient (Wildman–Crippen LogP) is 5.86. The van der Waals surface area contributed by atoms with E-state index in [1.165, 1.54) is 70.3 Å². The lowest BCUT2D eigenvalue weighted by Crippen LogP contribution is -2.05. The van der Waals surface area contributed by atoms with Crippen LogP contribution in [-0.2, 0) is 4.79 Å². The van der Waals surface area contributed by atoms with Gasteiger partial charge in [-0.1, -0.05) is 83.6 Å². The van der Waals surface area contributed by atoms with Crippen LogP contribution in [0.25, 0.3) is 0 Å². The summed E-state index contributed by atoms with van der Waals surface area (Å²) < 4.78 is 0. The fraction of sp³-hybridized carbons (Fsp3) is 0.850. The molecule has 136 valence electrons. The molecule has 0 aromatic rings. The molecule has 3 nitrogen and oxygen atoms in total. The van der Waals surface area contributed by atoms with Crippen LogP contribution in [0.15, 0.2) is 12.2 Å². The zero-order valence-electron chi connectivity index (χ0n) is 15.1. The van der Waals surface area contributed by atoms with E-state index in [0.29, 0.717) is 0 Å². The van der Waals surface area contributed by atoms with Crippen molar-refractivity contribution in [2.24, 2.45) is 0 Å². The Morgan fingerprint density at radius 3 is 1.83 bits per heavy atom. The van der Waals surface area contributed by atoms with Crippen LogP contribution in [0.2, 0.25) is 0 Å². The van der Waals surface area contributed by atoms with Gasteiger partial charge in [-0.2, -0.15) is 0 Å². The molecule has 0 saturated carbocycles. The molecule has 1 unspecified atom stereocenters. The van der Waals surface area contributed by atoms with Crippen molar-refractivity contribution >= 4 is 5.97 Å². The lowest BCUT2D eigenvalue weighted by atomic mass is 10.0. The summed E-state index contributed by atoms with van der Waals surface area (Å²) in [5.41, 5.74) is 0. The van der Waals surface area contributed by atoms with E-state index in [9.17, 15) is 9.90 Å². The standard InChI is InChI=1S/C20H38O3/c1-2-3-4-13-16-19(21)17-14-11-9-7-5-6-8-10-12-15-18-20(22)23/h15,18-19,21H,2-14,16-17H2,1H3,(H,22,23)/b18-15-. The average molecular weight is 327 g/mol. The predicted molar refractivity (Wildman–Crippen MR) is 97.7 cm³/mol. The summed E-state index contributed by atoms with van der Waals surface area (Å²) in [6, 6.07) is 0. The molecular weight excluding hydrogens is 288 g/mol. The number of carboxylic acid groups (broad SMARTS) is 1. The van der Waals surface area contributed by atoms with Crippen molar-refractivity contribution in [2.45, 2.75) is 109 Å². The maximum absolute atomic E-state index is 10.3. The van der Waals surface area contributed by atoms with Gasteiger partial charge in [-0.3, -0.25) is 0 Å². The van der Waals surface area contributed by atoms with Gasteiger partial charge in [0.1, 0.15) is 0 Å². The Morgan fingerprint density at radius 2 is 1.30 bits per heavy atom. The van der Waals surface area contributed by atoms with Crippen LogP contribution < -0.4 is 0 Å². The molecule has 0 aliphatic rings. The molecule has 3 heteroatoms. The number of aliphatic hydroxyl groups is 1. The van der Waals surface area contributed by atoms with E-state index < -0.39 is 5.97 Å². The number of aliphatic hydroxyl groups excluding tert-OH is 1.